The summed E-state index contributed by atoms with van der Waals surface area (Å²) in [6.07, 6.45) is 1.86. The van der Waals surface area contributed by atoms with Crippen molar-refractivity contribution >= 4 is 23.3 Å². The van der Waals surface area contributed by atoms with E-state index in [1.54, 1.807) is 11.8 Å². The summed E-state index contributed by atoms with van der Waals surface area (Å²) in [5.74, 6) is 0.880. The van der Waals surface area contributed by atoms with Crippen LogP contribution in [0.5, 0.6) is 5.75 Å². The third-order valence-electron chi connectivity index (χ3n) is 4.79. The summed E-state index contributed by atoms with van der Waals surface area (Å²) in [5.41, 5.74) is 3.65. The molecule has 0 bridgehead atoms. The number of anilines is 2. The number of hydrogen-bond donors (Lipinski definition) is 1. The number of amides is 1. The van der Waals surface area contributed by atoms with Gasteiger partial charge in [-0.2, -0.15) is 0 Å². The van der Waals surface area contributed by atoms with Crippen LogP contribution in [0.2, 0.25) is 0 Å². The number of fused-ring (bicyclic) bond motifs is 1. The summed E-state index contributed by atoms with van der Waals surface area (Å²) < 4.78 is 10.6. The van der Waals surface area contributed by atoms with Gasteiger partial charge in [0.05, 0.1) is 18.9 Å². The lowest BCUT2D eigenvalue weighted by Gasteiger charge is -2.16. The van der Waals surface area contributed by atoms with Gasteiger partial charge in [-0.25, -0.2) is 4.79 Å². The van der Waals surface area contributed by atoms with Crippen LogP contribution < -0.4 is 15.0 Å². The van der Waals surface area contributed by atoms with Gasteiger partial charge in [-0.3, -0.25) is 9.69 Å². The minimum Gasteiger partial charge on any atom is -0.494 e. The number of carbonyl (C=O) groups excluding carboxylic acids is 2. The van der Waals surface area contributed by atoms with Crippen LogP contribution in [0.3, 0.4) is 0 Å². The molecule has 0 radical (unpaired) electrons. The number of benzene rings is 2. The maximum atomic E-state index is 12.4. The number of nitrogens with zero attached hydrogens (tertiary/aromatic N) is 1. The molecule has 1 heterocycles. The van der Waals surface area contributed by atoms with E-state index in [2.05, 4.69) is 12.2 Å². The van der Waals surface area contributed by atoms with Gasteiger partial charge < -0.3 is 14.8 Å². The second-order valence-corrected chi connectivity index (χ2v) is 6.92. The monoisotopic (exact) mass is 396 g/mol. The molecule has 1 aliphatic heterocycles. The zero-order chi connectivity index (χ0) is 20.6. The average molecular weight is 396 g/mol. The molecule has 2 aromatic rings. The molecule has 0 unspecified atom stereocenters. The molecule has 1 aliphatic rings. The van der Waals surface area contributed by atoms with Gasteiger partial charge in [0.1, 0.15) is 5.75 Å². The maximum absolute atomic E-state index is 12.4. The third kappa shape index (κ3) is 5.28. The maximum Gasteiger partial charge on any atom is 0.414 e. The van der Waals surface area contributed by atoms with Crippen molar-refractivity contribution in [2.45, 2.75) is 33.1 Å². The van der Waals surface area contributed by atoms with E-state index in [9.17, 15) is 9.59 Å². The Kier molecular flexibility index (Phi) is 7.11. The van der Waals surface area contributed by atoms with Crippen LogP contribution in [0.15, 0.2) is 42.5 Å². The van der Waals surface area contributed by atoms with Crippen LogP contribution >= 0.6 is 0 Å². The standard InChI is InChI=1S/C23H28N2O4/c1-3-15-29-20-8-5-17(6-9-20)22(26)11-13-24-19-7-10-21-18(16-19)12-14-25(21)23(27)28-4-2/h5-10,16,24H,3-4,11-15H2,1-2H3. The number of Topliss-reactive ketones (excluding diaryl/α,β-unsaturated/α-hetero) is 1. The first-order chi connectivity index (χ1) is 14.1. The van der Waals surface area contributed by atoms with Gasteiger partial charge in [-0.05, 0) is 67.8 Å². The molecule has 0 saturated carbocycles. The van der Waals surface area contributed by atoms with E-state index in [-0.39, 0.29) is 11.9 Å². The highest BCUT2D eigenvalue weighted by Gasteiger charge is 2.25. The molecule has 0 aromatic heterocycles. The Balaban J connectivity index is 1.51. The van der Waals surface area contributed by atoms with Gasteiger partial charge in [0.15, 0.2) is 5.78 Å². The molecule has 154 valence electrons. The molecule has 0 saturated heterocycles. The lowest BCUT2D eigenvalue weighted by Crippen LogP contribution is -2.29. The molecular formula is C23H28N2O4. The SMILES string of the molecule is CCCOc1ccc(C(=O)CCNc2ccc3c(c2)CCN3C(=O)OCC)cc1. The number of rotatable bonds is 9. The first kappa shape index (κ1) is 20.7. The summed E-state index contributed by atoms with van der Waals surface area (Å²) in [7, 11) is 0. The normalized spacial score (nSPS) is 12.4. The van der Waals surface area contributed by atoms with Crippen molar-refractivity contribution in [2.75, 3.05) is 36.5 Å². The van der Waals surface area contributed by atoms with Crippen LogP contribution in [0.25, 0.3) is 0 Å². The minimum atomic E-state index is -0.302. The summed E-state index contributed by atoms with van der Waals surface area (Å²) >= 11 is 0. The highest BCUT2D eigenvalue weighted by Crippen LogP contribution is 2.31. The molecule has 29 heavy (non-hydrogen) atoms. The van der Waals surface area contributed by atoms with Gasteiger partial charge in [0, 0.05) is 30.8 Å². The Bertz CT molecular complexity index is 848. The van der Waals surface area contributed by atoms with Crippen molar-refractivity contribution in [1.29, 1.82) is 0 Å². The zero-order valence-electron chi connectivity index (χ0n) is 17.1. The number of ether oxygens (including phenoxy) is 2. The summed E-state index contributed by atoms with van der Waals surface area (Å²) in [5, 5.41) is 3.30. The topological polar surface area (TPSA) is 67.9 Å². The van der Waals surface area contributed by atoms with E-state index in [1.165, 1.54) is 0 Å². The Morgan fingerprint density at radius 3 is 2.62 bits per heavy atom. The largest absolute Gasteiger partial charge is 0.494 e. The lowest BCUT2D eigenvalue weighted by molar-refractivity contribution is 0.0986. The van der Waals surface area contributed by atoms with E-state index in [1.807, 2.05) is 42.5 Å². The first-order valence-corrected chi connectivity index (χ1v) is 10.2. The minimum absolute atomic E-state index is 0.0918. The van der Waals surface area contributed by atoms with Gasteiger partial charge in [-0.15, -0.1) is 0 Å². The molecule has 0 fully saturated rings. The van der Waals surface area contributed by atoms with Gasteiger partial charge in [0.25, 0.3) is 0 Å². The van der Waals surface area contributed by atoms with Crippen molar-refractivity contribution in [3.8, 4) is 5.75 Å². The van der Waals surface area contributed by atoms with Crippen LogP contribution in [0.1, 0.15) is 42.6 Å². The van der Waals surface area contributed by atoms with Crippen molar-refractivity contribution < 1.29 is 19.1 Å². The predicted octanol–water partition coefficient (Wildman–Crippen LogP) is 4.68. The second-order valence-electron chi connectivity index (χ2n) is 6.92. The fourth-order valence-electron chi connectivity index (χ4n) is 3.32. The Labute approximate surface area is 171 Å². The van der Waals surface area contributed by atoms with E-state index >= 15 is 0 Å². The van der Waals surface area contributed by atoms with E-state index < -0.39 is 0 Å². The molecule has 1 amide bonds. The van der Waals surface area contributed by atoms with E-state index in [4.69, 9.17) is 9.47 Å². The molecule has 0 atom stereocenters. The van der Waals surface area contributed by atoms with E-state index in [0.717, 1.165) is 35.5 Å². The van der Waals surface area contributed by atoms with E-state index in [0.29, 0.717) is 38.3 Å². The predicted molar refractivity (Wildman–Crippen MR) is 114 cm³/mol. The molecular weight excluding hydrogens is 368 g/mol. The number of nitrogens with one attached hydrogen (secondary N) is 1. The average Bonchev–Trinajstić information content (AvgIpc) is 3.16. The molecule has 2 aromatic carbocycles. The Morgan fingerprint density at radius 2 is 1.90 bits per heavy atom. The number of hydrogen-bond acceptors (Lipinski definition) is 5. The van der Waals surface area contributed by atoms with Crippen molar-refractivity contribution in [1.82, 2.24) is 0 Å². The summed E-state index contributed by atoms with van der Waals surface area (Å²) in [6.45, 7) is 6.09. The third-order valence-corrected chi connectivity index (χ3v) is 4.79. The quantitative estimate of drug-likeness (QED) is 0.624. The highest BCUT2D eigenvalue weighted by molar-refractivity contribution is 5.96. The van der Waals surface area contributed by atoms with Crippen LogP contribution in [-0.2, 0) is 11.2 Å². The molecule has 6 nitrogen and oxygen atoms in total. The molecule has 0 spiro atoms. The fraction of sp³-hybridized carbons (Fsp3) is 0.391. The van der Waals surface area contributed by atoms with Crippen LogP contribution in [0, 0.1) is 0 Å². The number of carbonyl (C=O) groups is 2. The lowest BCUT2D eigenvalue weighted by atomic mass is 10.1. The Hall–Kier alpha value is -3.02. The molecule has 1 N–H and O–H groups in total. The van der Waals surface area contributed by atoms with Gasteiger partial charge in [-0.1, -0.05) is 6.92 Å². The van der Waals surface area contributed by atoms with Gasteiger partial charge >= 0.3 is 6.09 Å². The zero-order valence-corrected chi connectivity index (χ0v) is 17.1. The van der Waals surface area contributed by atoms with Gasteiger partial charge in [0.2, 0.25) is 0 Å². The Morgan fingerprint density at radius 1 is 1.10 bits per heavy atom. The summed E-state index contributed by atoms with van der Waals surface area (Å²) in [4.78, 5) is 26.0. The van der Waals surface area contributed by atoms with Crippen molar-refractivity contribution in [3.63, 3.8) is 0 Å². The van der Waals surface area contributed by atoms with Crippen LogP contribution in [-0.4, -0.2) is 38.2 Å². The smallest absolute Gasteiger partial charge is 0.414 e. The first-order valence-electron chi connectivity index (χ1n) is 10.2. The van der Waals surface area contributed by atoms with Crippen molar-refractivity contribution in [2.24, 2.45) is 0 Å². The number of ketones is 1. The second kappa shape index (κ2) is 9.96. The molecule has 0 aliphatic carbocycles. The summed E-state index contributed by atoms with van der Waals surface area (Å²) in [6, 6.07) is 13.2. The highest BCUT2D eigenvalue weighted by atomic mass is 16.6. The molecule has 6 heteroatoms. The van der Waals surface area contributed by atoms with Crippen LogP contribution in [0.4, 0.5) is 16.2 Å². The fourth-order valence-corrected chi connectivity index (χ4v) is 3.32. The van der Waals surface area contributed by atoms with Crippen molar-refractivity contribution in [3.05, 3.63) is 53.6 Å². The molecule has 3 rings (SSSR count).